The number of nitrogens with zero attached hydrogens (tertiary/aromatic N) is 4. The van der Waals surface area contributed by atoms with Gasteiger partial charge in [0.25, 0.3) is 5.91 Å². The number of halogens is 2. The van der Waals surface area contributed by atoms with E-state index in [9.17, 15) is 13.6 Å². The number of amides is 1. The Hall–Kier alpha value is -3.68. The molecule has 0 radical (unpaired) electrons. The van der Waals surface area contributed by atoms with Gasteiger partial charge in [0.2, 0.25) is 0 Å². The second-order valence-corrected chi connectivity index (χ2v) is 7.91. The number of piperidine rings is 1. The van der Waals surface area contributed by atoms with Crippen molar-refractivity contribution in [3.8, 4) is 0 Å². The van der Waals surface area contributed by atoms with Crippen LogP contribution in [0.25, 0.3) is 21.9 Å². The van der Waals surface area contributed by atoms with Gasteiger partial charge in [-0.2, -0.15) is 0 Å². The molecule has 0 aliphatic carbocycles. The van der Waals surface area contributed by atoms with Crippen molar-refractivity contribution in [3.63, 3.8) is 0 Å². The van der Waals surface area contributed by atoms with E-state index in [1.807, 2.05) is 29.2 Å². The Morgan fingerprint density at radius 3 is 2.72 bits per heavy atom. The van der Waals surface area contributed by atoms with Gasteiger partial charge in [-0.05, 0) is 31.4 Å². The van der Waals surface area contributed by atoms with Crippen molar-refractivity contribution in [2.45, 2.75) is 25.3 Å². The van der Waals surface area contributed by atoms with Crippen LogP contribution in [-0.2, 0) is 0 Å². The molecule has 5 rings (SSSR count). The van der Waals surface area contributed by atoms with E-state index in [0.29, 0.717) is 24.5 Å². The lowest BCUT2D eigenvalue weighted by Crippen LogP contribution is -2.47. The van der Waals surface area contributed by atoms with Gasteiger partial charge < -0.3 is 10.2 Å². The van der Waals surface area contributed by atoms with E-state index in [4.69, 9.17) is 0 Å². The number of rotatable bonds is 4. The van der Waals surface area contributed by atoms with E-state index in [1.165, 1.54) is 6.20 Å². The zero-order valence-electron chi connectivity index (χ0n) is 17.3. The summed E-state index contributed by atoms with van der Waals surface area (Å²) in [5.74, 6) is -1.47. The molecule has 8 heteroatoms. The first-order chi connectivity index (χ1) is 15.6. The van der Waals surface area contributed by atoms with Crippen molar-refractivity contribution in [2.75, 3.05) is 18.4 Å². The normalized spacial score (nSPS) is 16.4. The van der Waals surface area contributed by atoms with Gasteiger partial charge in [0.15, 0.2) is 11.6 Å². The second kappa shape index (κ2) is 8.45. The minimum atomic E-state index is -0.961. The van der Waals surface area contributed by atoms with Crippen LogP contribution in [0.3, 0.4) is 0 Å². The molecule has 0 spiro atoms. The Kier molecular flexibility index (Phi) is 5.34. The standard InChI is InChI=1S/C24H21F2N5O/c25-18-11-21-22(12-19(18)26)30-23(14-28-21)29-13-15-5-3-4-10-31(15)24(32)17-8-9-27-20-7-2-1-6-16(17)20/h1-2,6-9,11-12,14-15H,3-5,10,13H2,(H,29,30)/t15-/m0/s1. The molecule has 6 nitrogen and oxygen atoms in total. The maximum atomic E-state index is 13.6. The second-order valence-electron chi connectivity index (χ2n) is 7.91. The molecule has 1 amide bonds. The molecule has 2 aromatic heterocycles. The molecule has 1 aliphatic rings. The minimum Gasteiger partial charge on any atom is -0.367 e. The molecular weight excluding hydrogens is 412 g/mol. The third-order valence-electron chi connectivity index (χ3n) is 5.87. The zero-order valence-corrected chi connectivity index (χ0v) is 17.3. The van der Waals surface area contributed by atoms with Crippen LogP contribution in [0.4, 0.5) is 14.6 Å². The predicted molar refractivity (Wildman–Crippen MR) is 118 cm³/mol. The SMILES string of the molecule is O=C(c1ccnc2ccccc12)N1CCCC[C@H]1CNc1cnc2cc(F)c(F)cc2n1. The average molecular weight is 433 g/mol. The molecular formula is C24H21F2N5O. The maximum Gasteiger partial charge on any atom is 0.254 e. The third-order valence-corrected chi connectivity index (χ3v) is 5.87. The third kappa shape index (κ3) is 3.84. The number of para-hydroxylation sites is 1. The van der Waals surface area contributed by atoms with Crippen molar-refractivity contribution < 1.29 is 13.6 Å². The Morgan fingerprint density at radius 2 is 1.84 bits per heavy atom. The largest absolute Gasteiger partial charge is 0.367 e. The number of fused-ring (bicyclic) bond motifs is 2. The van der Waals surface area contributed by atoms with E-state index >= 15 is 0 Å². The molecule has 4 aromatic rings. The molecule has 1 N–H and O–H groups in total. The fourth-order valence-electron chi connectivity index (χ4n) is 4.23. The number of hydrogen-bond acceptors (Lipinski definition) is 5. The summed E-state index contributed by atoms with van der Waals surface area (Å²) in [5.41, 5.74) is 1.99. The molecule has 1 atom stereocenters. The molecule has 162 valence electrons. The summed E-state index contributed by atoms with van der Waals surface area (Å²) in [6.45, 7) is 1.16. The van der Waals surface area contributed by atoms with Gasteiger partial charge in [-0.1, -0.05) is 18.2 Å². The Bertz CT molecular complexity index is 1310. The van der Waals surface area contributed by atoms with Crippen molar-refractivity contribution in [1.82, 2.24) is 19.9 Å². The van der Waals surface area contributed by atoms with Gasteiger partial charge in [-0.3, -0.25) is 14.8 Å². The van der Waals surface area contributed by atoms with Crippen LogP contribution in [0.1, 0.15) is 29.6 Å². The number of carbonyl (C=O) groups is 1. The van der Waals surface area contributed by atoms with Crippen molar-refractivity contribution in [3.05, 3.63) is 72.1 Å². The first kappa shape index (κ1) is 20.2. The van der Waals surface area contributed by atoms with Crippen molar-refractivity contribution in [2.24, 2.45) is 0 Å². The Balaban J connectivity index is 1.36. The van der Waals surface area contributed by atoms with Crippen LogP contribution < -0.4 is 5.32 Å². The summed E-state index contributed by atoms with van der Waals surface area (Å²) in [4.78, 5) is 28.2. The number of likely N-dealkylation sites (tertiary alicyclic amines) is 1. The number of anilines is 1. The topological polar surface area (TPSA) is 71.0 Å². The molecule has 1 fully saturated rings. The van der Waals surface area contributed by atoms with Crippen LogP contribution in [0.2, 0.25) is 0 Å². The summed E-state index contributed by atoms with van der Waals surface area (Å²) in [5, 5.41) is 4.06. The van der Waals surface area contributed by atoms with E-state index < -0.39 is 11.6 Å². The average Bonchev–Trinajstić information content (AvgIpc) is 2.83. The maximum absolute atomic E-state index is 13.6. The summed E-state index contributed by atoms with van der Waals surface area (Å²) in [6, 6.07) is 11.4. The van der Waals surface area contributed by atoms with Gasteiger partial charge >= 0.3 is 0 Å². The molecule has 0 saturated carbocycles. The Morgan fingerprint density at radius 1 is 1.03 bits per heavy atom. The van der Waals surface area contributed by atoms with Gasteiger partial charge in [-0.25, -0.2) is 13.8 Å². The number of hydrogen-bond donors (Lipinski definition) is 1. The molecule has 0 bridgehead atoms. The van der Waals surface area contributed by atoms with E-state index in [-0.39, 0.29) is 23.0 Å². The zero-order chi connectivity index (χ0) is 22.1. The lowest BCUT2D eigenvalue weighted by Gasteiger charge is -2.36. The monoisotopic (exact) mass is 433 g/mol. The van der Waals surface area contributed by atoms with E-state index in [1.54, 1.807) is 12.3 Å². The predicted octanol–water partition coefficient (Wildman–Crippen LogP) is 4.56. The first-order valence-electron chi connectivity index (χ1n) is 10.6. The van der Waals surface area contributed by atoms with E-state index in [2.05, 4.69) is 20.3 Å². The fourth-order valence-corrected chi connectivity index (χ4v) is 4.23. The molecule has 1 saturated heterocycles. The summed E-state index contributed by atoms with van der Waals surface area (Å²) >= 11 is 0. The van der Waals surface area contributed by atoms with Gasteiger partial charge in [0.05, 0.1) is 28.3 Å². The summed E-state index contributed by atoms with van der Waals surface area (Å²) in [7, 11) is 0. The number of carbonyl (C=O) groups excluding carboxylic acids is 1. The summed E-state index contributed by atoms with van der Waals surface area (Å²) in [6.07, 6.45) is 6.00. The number of nitrogens with one attached hydrogen (secondary N) is 1. The summed E-state index contributed by atoms with van der Waals surface area (Å²) < 4.78 is 27.0. The van der Waals surface area contributed by atoms with Crippen LogP contribution >= 0.6 is 0 Å². The first-order valence-corrected chi connectivity index (χ1v) is 10.6. The van der Waals surface area contributed by atoms with Gasteiger partial charge in [0, 0.05) is 42.8 Å². The van der Waals surface area contributed by atoms with Gasteiger partial charge in [-0.15, -0.1) is 0 Å². The van der Waals surface area contributed by atoms with Crippen LogP contribution in [0.15, 0.2) is 54.9 Å². The smallest absolute Gasteiger partial charge is 0.254 e. The molecule has 3 heterocycles. The van der Waals surface area contributed by atoms with Crippen LogP contribution in [0, 0.1) is 11.6 Å². The fraction of sp³-hybridized carbons (Fsp3) is 0.250. The highest BCUT2D eigenvalue weighted by Crippen LogP contribution is 2.24. The van der Waals surface area contributed by atoms with Crippen molar-refractivity contribution in [1.29, 1.82) is 0 Å². The highest BCUT2D eigenvalue weighted by molar-refractivity contribution is 6.06. The molecule has 1 aliphatic heterocycles. The van der Waals surface area contributed by atoms with Gasteiger partial charge in [0.1, 0.15) is 5.82 Å². The molecule has 32 heavy (non-hydrogen) atoms. The Labute approximate surface area is 183 Å². The van der Waals surface area contributed by atoms with Crippen molar-refractivity contribution >= 4 is 33.7 Å². The lowest BCUT2D eigenvalue weighted by molar-refractivity contribution is 0.0630. The van der Waals surface area contributed by atoms with Crippen LogP contribution in [-0.4, -0.2) is 44.9 Å². The highest BCUT2D eigenvalue weighted by atomic mass is 19.2. The minimum absolute atomic E-state index is 0.0164. The number of benzene rings is 2. The number of pyridine rings is 1. The lowest BCUT2D eigenvalue weighted by atomic mass is 9.99. The number of aromatic nitrogens is 3. The highest BCUT2D eigenvalue weighted by Gasteiger charge is 2.28. The molecule has 0 unspecified atom stereocenters. The molecule has 2 aromatic carbocycles. The quantitative estimate of drug-likeness (QED) is 0.511. The van der Waals surface area contributed by atoms with Crippen LogP contribution in [0.5, 0.6) is 0 Å². The van der Waals surface area contributed by atoms with E-state index in [0.717, 1.165) is 42.3 Å².